The Kier molecular flexibility index (Phi) is 3.32. The van der Waals surface area contributed by atoms with E-state index in [1.54, 1.807) is 25.1 Å². The van der Waals surface area contributed by atoms with E-state index in [0.29, 0.717) is 16.7 Å². The Hall–Kier alpha value is -2.64. The van der Waals surface area contributed by atoms with E-state index < -0.39 is 4.92 Å². The molecule has 0 aliphatic rings. The lowest BCUT2D eigenvalue weighted by molar-refractivity contribution is -0.384. The molecule has 0 bridgehead atoms. The van der Waals surface area contributed by atoms with E-state index in [2.05, 4.69) is 15.5 Å². The molecule has 1 amide bonds. The van der Waals surface area contributed by atoms with Crippen LogP contribution >= 0.6 is 0 Å². The van der Waals surface area contributed by atoms with E-state index in [1.807, 2.05) is 0 Å². The molecule has 0 fully saturated rings. The van der Waals surface area contributed by atoms with Gasteiger partial charge in [0.2, 0.25) is 5.91 Å². The molecule has 0 spiro atoms. The van der Waals surface area contributed by atoms with Gasteiger partial charge in [-0.3, -0.25) is 20.0 Å². The van der Waals surface area contributed by atoms with Gasteiger partial charge in [-0.05, 0) is 6.07 Å². The molecular weight excluding hydrogens is 250 g/mol. The molecule has 100 valence electrons. The van der Waals surface area contributed by atoms with Crippen molar-refractivity contribution in [2.24, 2.45) is 0 Å². The Balaban J connectivity index is 2.40. The summed E-state index contributed by atoms with van der Waals surface area (Å²) in [6.07, 6.45) is 0. The molecule has 0 saturated heterocycles. The summed E-state index contributed by atoms with van der Waals surface area (Å²) in [7, 11) is 3.24. The van der Waals surface area contributed by atoms with Gasteiger partial charge in [-0.2, -0.15) is 5.10 Å². The van der Waals surface area contributed by atoms with Gasteiger partial charge < -0.3 is 10.2 Å². The Morgan fingerprint density at radius 1 is 1.58 bits per heavy atom. The van der Waals surface area contributed by atoms with E-state index in [9.17, 15) is 14.9 Å². The zero-order valence-corrected chi connectivity index (χ0v) is 10.5. The number of likely N-dealkylation sites (N-methyl/N-ethyl adjacent to an activating group) is 2. The van der Waals surface area contributed by atoms with E-state index in [0.717, 1.165) is 0 Å². The molecule has 0 radical (unpaired) electrons. The van der Waals surface area contributed by atoms with Crippen LogP contribution in [0.1, 0.15) is 0 Å². The maximum absolute atomic E-state index is 11.3. The molecule has 0 unspecified atom stereocenters. The summed E-state index contributed by atoms with van der Waals surface area (Å²) < 4.78 is 0. The van der Waals surface area contributed by atoms with Crippen LogP contribution in [0, 0.1) is 10.1 Å². The second-order valence-electron chi connectivity index (χ2n) is 4.06. The first-order chi connectivity index (χ1) is 9.02. The van der Waals surface area contributed by atoms with E-state index in [-0.39, 0.29) is 18.1 Å². The number of nitrogens with one attached hydrogen (secondary N) is 2. The number of nitrogens with zero attached hydrogens (tertiary/aromatic N) is 3. The molecule has 19 heavy (non-hydrogen) atoms. The topological polar surface area (TPSA) is 104 Å². The third-order valence-electron chi connectivity index (χ3n) is 2.76. The van der Waals surface area contributed by atoms with Crippen molar-refractivity contribution in [3.05, 3.63) is 28.3 Å². The van der Waals surface area contributed by atoms with Crippen LogP contribution in [0.5, 0.6) is 0 Å². The van der Waals surface area contributed by atoms with Crippen molar-refractivity contribution >= 4 is 28.3 Å². The van der Waals surface area contributed by atoms with Crippen LogP contribution in [0.15, 0.2) is 18.2 Å². The van der Waals surface area contributed by atoms with Crippen LogP contribution in [-0.2, 0) is 4.79 Å². The van der Waals surface area contributed by atoms with Crippen molar-refractivity contribution < 1.29 is 9.72 Å². The number of carbonyl (C=O) groups excluding carboxylic acids is 1. The minimum Gasteiger partial charge on any atom is -0.358 e. The molecule has 2 rings (SSSR count). The number of amides is 1. The van der Waals surface area contributed by atoms with Crippen molar-refractivity contribution in [3.63, 3.8) is 0 Å². The number of fused-ring (bicyclic) bond motifs is 1. The predicted molar refractivity (Wildman–Crippen MR) is 70.1 cm³/mol. The minimum atomic E-state index is -0.463. The summed E-state index contributed by atoms with van der Waals surface area (Å²) in [4.78, 5) is 23.3. The molecular formula is C11H13N5O3. The van der Waals surface area contributed by atoms with Gasteiger partial charge in [-0.15, -0.1) is 0 Å². The van der Waals surface area contributed by atoms with Crippen LogP contribution in [0.3, 0.4) is 0 Å². The lowest BCUT2D eigenvalue weighted by Gasteiger charge is -2.15. The summed E-state index contributed by atoms with van der Waals surface area (Å²) >= 11 is 0. The summed E-state index contributed by atoms with van der Waals surface area (Å²) in [6.45, 7) is 0.124. The Morgan fingerprint density at radius 3 is 2.95 bits per heavy atom. The van der Waals surface area contributed by atoms with Gasteiger partial charge in [0, 0.05) is 26.2 Å². The highest BCUT2D eigenvalue weighted by Gasteiger charge is 2.15. The molecule has 2 aromatic rings. The molecule has 0 aliphatic heterocycles. The van der Waals surface area contributed by atoms with Crippen molar-refractivity contribution in [1.29, 1.82) is 0 Å². The van der Waals surface area contributed by atoms with Crippen molar-refractivity contribution in [3.8, 4) is 0 Å². The first-order valence-electron chi connectivity index (χ1n) is 5.57. The maximum Gasteiger partial charge on any atom is 0.270 e. The fourth-order valence-corrected chi connectivity index (χ4v) is 1.76. The first kappa shape index (κ1) is 12.8. The summed E-state index contributed by atoms with van der Waals surface area (Å²) in [6, 6.07) is 4.44. The van der Waals surface area contributed by atoms with Gasteiger partial charge in [-0.25, -0.2) is 0 Å². The molecule has 1 aromatic carbocycles. The molecule has 0 atom stereocenters. The monoisotopic (exact) mass is 263 g/mol. The van der Waals surface area contributed by atoms with Gasteiger partial charge in [0.25, 0.3) is 5.69 Å². The fourth-order valence-electron chi connectivity index (χ4n) is 1.76. The number of anilines is 1. The van der Waals surface area contributed by atoms with Crippen molar-refractivity contribution in [2.75, 3.05) is 25.5 Å². The second kappa shape index (κ2) is 4.92. The number of hydrogen-bond acceptors (Lipinski definition) is 5. The molecule has 8 heteroatoms. The molecule has 2 N–H and O–H groups in total. The summed E-state index contributed by atoms with van der Waals surface area (Å²) in [5.74, 6) is 0.339. The number of carbonyl (C=O) groups is 1. The van der Waals surface area contributed by atoms with Gasteiger partial charge >= 0.3 is 0 Å². The van der Waals surface area contributed by atoms with Crippen LogP contribution in [0.4, 0.5) is 11.5 Å². The Morgan fingerprint density at radius 2 is 2.32 bits per heavy atom. The van der Waals surface area contributed by atoms with Crippen LogP contribution in [0.25, 0.3) is 10.9 Å². The fraction of sp³-hybridized carbons (Fsp3) is 0.273. The third kappa shape index (κ3) is 2.46. The maximum atomic E-state index is 11.3. The first-order valence-corrected chi connectivity index (χ1v) is 5.57. The van der Waals surface area contributed by atoms with Crippen LogP contribution in [0.2, 0.25) is 0 Å². The van der Waals surface area contributed by atoms with Crippen molar-refractivity contribution in [1.82, 2.24) is 15.5 Å². The quantitative estimate of drug-likeness (QED) is 0.622. The Bertz CT molecular complexity index is 636. The molecule has 1 aromatic heterocycles. The highest BCUT2D eigenvalue weighted by atomic mass is 16.6. The van der Waals surface area contributed by atoms with Crippen LogP contribution < -0.4 is 10.2 Å². The number of benzene rings is 1. The lowest BCUT2D eigenvalue weighted by Crippen LogP contribution is -2.33. The van der Waals surface area contributed by atoms with E-state index in [1.165, 1.54) is 12.1 Å². The van der Waals surface area contributed by atoms with Gasteiger partial charge in [-0.1, -0.05) is 0 Å². The van der Waals surface area contributed by atoms with Gasteiger partial charge in [0.1, 0.15) is 0 Å². The zero-order chi connectivity index (χ0) is 14.0. The highest BCUT2D eigenvalue weighted by Crippen LogP contribution is 2.26. The molecule has 0 aliphatic carbocycles. The number of hydrogen-bond donors (Lipinski definition) is 2. The standard InChI is InChI=1S/C11H13N5O3/c1-12-10(17)6-15(2)11-8-5-7(16(18)19)3-4-9(8)13-14-11/h3-5H,6H2,1-2H3,(H,12,17)(H,13,14). The minimum absolute atomic E-state index is 0.0107. The number of non-ortho nitro benzene ring substituents is 1. The Labute approximate surface area is 108 Å². The number of H-pyrrole nitrogens is 1. The van der Waals surface area contributed by atoms with Crippen LogP contribution in [-0.4, -0.2) is 41.7 Å². The highest BCUT2D eigenvalue weighted by molar-refractivity contribution is 5.93. The molecule has 0 saturated carbocycles. The normalized spacial score (nSPS) is 10.4. The lowest BCUT2D eigenvalue weighted by atomic mass is 10.2. The number of aromatic amines is 1. The van der Waals surface area contributed by atoms with Crippen molar-refractivity contribution in [2.45, 2.75) is 0 Å². The van der Waals surface area contributed by atoms with E-state index in [4.69, 9.17) is 0 Å². The predicted octanol–water partition coefficient (Wildman–Crippen LogP) is 0.653. The smallest absolute Gasteiger partial charge is 0.270 e. The summed E-state index contributed by atoms with van der Waals surface area (Å²) in [5, 5.41) is 20.8. The second-order valence-corrected chi connectivity index (χ2v) is 4.06. The third-order valence-corrected chi connectivity index (χ3v) is 2.76. The number of aromatic nitrogens is 2. The largest absolute Gasteiger partial charge is 0.358 e. The van der Waals surface area contributed by atoms with Gasteiger partial charge in [0.15, 0.2) is 5.82 Å². The number of nitro benzene ring substituents is 1. The molecule has 8 nitrogen and oxygen atoms in total. The van der Waals surface area contributed by atoms with Gasteiger partial charge in [0.05, 0.1) is 22.4 Å². The number of nitro groups is 1. The SMILES string of the molecule is CNC(=O)CN(C)c1n[nH]c2ccc([N+](=O)[O-])cc12. The number of rotatable bonds is 4. The average Bonchev–Trinajstić information content (AvgIpc) is 2.81. The summed E-state index contributed by atoms with van der Waals surface area (Å²) in [5.41, 5.74) is 0.674. The average molecular weight is 263 g/mol. The zero-order valence-electron chi connectivity index (χ0n) is 10.5. The van der Waals surface area contributed by atoms with E-state index >= 15 is 0 Å². The molecule has 1 heterocycles.